The molecule has 3 heterocycles. The lowest BCUT2D eigenvalue weighted by Gasteiger charge is -2.12. The molecule has 0 spiro atoms. The molecule has 0 atom stereocenters. The monoisotopic (exact) mass is 402 g/mol. The predicted molar refractivity (Wildman–Crippen MR) is 96.3 cm³/mol. The summed E-state index contributed by atoms with van der Waals surface area (Å²) < 4.78 is 41.5. The molecule has 0 saturated carbocycles. The van der Waals surface area contributed by atoms with Crippen molar-refractivity contribution < 1.29 is 13.2 Å². The van der Waals surface area contributed by atoms with Gasteiger partial charge >= 0.3 is 6.18 Å². The fourth-order valence-corrected chi connectivity index (χ4v) is 3.16. The van der Waals surface area contributed by atoms with Gasteiger partial charge in [-0.3, -0.25) is 4.68 Å². The van der Waals surface area contributed by atoms with Crippen LogP contribution in [0.4, 0.5) is 13.2 Å². The van der Waals surface area contributed by atoms with E-state index in [1.54, 1.807) is 7.05 Å². The van der Waals surface area contributed by atoms with Crippen LogP contribution in [0.15, 0.2) is 36.5 Å². The van der Waals surface area contributed by atoms with E-state index >= 15 is 0 Å². The van der Waals surface area contributed by atoms with E-state index in [2.05, 4.69) is 20.1 Å². The number of nitrogens with one attached hydrogen (secondary N) is 1. The van der Waals surface area contributed by atoms with Gasteiger partial charge < -0.3 is 4.98 Å². The van der Waals surface area contributed by atoms with Crippen LogP contribution in [0.2, 0.25) is 5.15 Å². The summed E-state index contributed by atoms with van der Waals surface area (Å²) in [4.78, 5) is 11.4. The second kappa shape index (κ2) is 6.35. The van der Waals surface area contributed by atoms with Crippen LogP contribution in [0, 0.1) is 11.3 Å². The van der Waals surface area contributed by atoms with Gasteiger partial charge in [0.05, 0.1) is 16.8 Å². The number of fused-ring (bicyclic) bond motifs is 1. The highest BCUT2D eigenvalue weighted by atomic mass is 35.5. The summed E-state index contributed by atoms with van der Waals surface area (Å²) in [5.74, 6) is 0.275. The summed E-state index contributed by atoms with van der Waals surface area (Å²) >= 11 is 6.19. The number of nitriles is 1. The Labute approximate surface area is 161 Å². The zero-order valence-electron chi connectivity index (χ0n) is 14.2. The van der Waals surface area contributed by atoms with Crippen molar-refractivity contribution in [1.82, 2.24) is 24.7 Å². The number of benzene rings is 1. The van der Waals surface area contributed by atoms with E-state index in [4.69, 9.17) is 11.6 Å². The molecule has 1 N–H and O–H groups in total. The highest BCUT2D eigenvalue weighted by Crippen LogP contribution is 2.38. The second-order valence-corrected chi connectivity index (χ2v) is 6.36. The molecule has 3 aromatic heterocycles. The van der Waals surface area contributed by atoms with Crippen molar-refractivity contribution >= 4 is 22.6 Å². The Kier molecular flexibility index (Phi) is 4.08. The molecule has 4 rings (SSSR count). The average molecular weight is 403 g/mol. The van der Waals surface area contributed by atoms with Gasteiger partial charge in [-0.25, -0.2) is 9.97 Å². The fourth-order valence-electron chi connectivity index (χ4n) is 2.93. The molecule has 0 radical (unpaired) electrons. The standard InChI is InChI=1S/C18H10ClF3N6/c1-28-8-9(7-23)14(27-28)17-25-13-6-12(24-16(19)15(13)26-17)10-4-2-3-5-11(10)18(20,21)22/h2-6,8H,1H3,(H,25,26). The predicted octanol–water partition coefficient (Wildman–Crippen LogP) is 4.57. The number of H-pyrrole nitrogens is 1. The third kappa shape index (κ3) is 2.97. The number of aryl methyl sites for hydroxylation is 1. The summed E-state index contributed by atoms with van der Waals surface area (Å²) in [5.41, 5.74) is 0.431. The van der Waals surface area contributed by atoms with E-state index in [1.807, 2.05) is 6.07 Å². The number of imidazole rings is 1. The Morgan fingerprint density at radius 2 is 1.96 bits per heavy atom. The molecule has 4 aromatic rings. The molecular formula is C18H10ClF3N6. The molecule has 0 aliphatic rings. The van der Waals surface area contributed by atoms with Crippen LogP contribution < -0.4 is 0 Å². The highest BCUT2D eigenvalue weighted by Gasteiger charge is 2.34. The minimum absolute atomic E-state index is 0.0542. The molecular weight excluding hydrogens is 393 g/mol. The van der Waals surface area contributed by atoms with Gasteiger partial charge in [0.2, 0.25) is 0 Å². The molecule has 0 aliphatic heterocycles. The van der Waals surface area contributed by atoms with E-state index in [0.29, 0.717) is 16.8 Å². The topological polar surface area (TPSA) is 83.2 Å². The molecule has 0 unspecified atom stereocenters. The number of aromatic nitrogens is 5. The number of rotatable bonds is 2. The van der Waals surface area contributed by atoms with Crippen LogP contribution in [-0.2, 0) is 13.2 Å². The number of aromatic amines is 1. The van der Waals surface area contributed by atoms with Gasteiger partial charge in [0.15, 0.2) is 11.0 Å². The van der Waals surface area contributed by atoms with Gasteiger partial charge in [0.1, 0.15) is 22.8 Å². The Balaban J connectivity index is 1.90. The summed E-state index contributed by atoms with van der Waals surface area (Å²) in [5, 5.41) is 13.4. The van der Waals surface area contributed by atoms with E-state index in [1.165, 1.54) is 35.1 Å². The van der Waals surface area contributed by atoms with E-state index < -0.39 is 11.7 Å². The first-order valence-corrected chi connectivity index (χ1v) is 8.32. The first-order valence-electron chi connectivity index (χ1n) is 7.95. The molecule has 0 amide bonds. The van der Waals surface area contributed by atoms with Gasteiger partial charge in [0, 0.05) is 18.8 Å². The maximum absolute atomic E-state index is 13.3. The summed E-state index contributed by atoms with van der Waals surface area (Å²) in [7, 11) is 1.66. The summed E-state index contributed by atoms with van der Waals surface area (Å²) in [6.07, 6.45) is -3.00. The Morgan fingerprint density at radius 3 is 2.68 bits per heavy atom. The minimum Gasteiger partial charge on any atom is -0.336 e. The number of halogens is 4. The van der Waals surface area contributed by atoms with Crippen molar-refractivity contribution in [3.8, 4) is 28.8 Å². The normalized spacial score (nSPS) is 11.7. The van der Waals surface area contributed by atoms with Crippen molar-refractivity contribution in [3.05, 3.63) is 52.8 Å². The van der Waals surface area contributed by atoms with Gasteiger partial charge in [0.25, 0.3) is 0 Å². The van der Waals surface area contributed by atoms with Crippen molar-refractivity contribution in [3.63, 3.8) is 0 Å². The molecule has 28 heavy (non-hydrogen) atoms. The Bertz CT molecular complexity index is 1250. The number of pyridine rings is 1. The Morgan fingerprint density at radius 1 is 1.21 bits per heavy atom. The number of hydrogen-bond donors (Lipinski definition) is 1. The van der Waals surface area contributed by atoms with Crippen LogP contribution in [0.3, 0.4) is 0 Å². The summed E-state index contributed by atoms with van der Waals surface area (Å²) in [6, 6.07) is 8.58. The second-order valence-electron chi connectivity index (χ2n) is 6.00. The maximum Gasteiger partial charge on any atom is 0.417 e. The lowest BCUT2D eigenvalue weighted by atomic mass is 10.0. The van der Waals surface area contributed by atoms with Crippen LogP contribution >= 0.6 is 11.6 Å². The zero-order valence-corrected chi connectivity index (χ0v) is 15.0. The van der Waals surface area contributed by atoms with Crippen molar-refractivity contribution in [2.45, 2.75) is 6.18 Å². The molecule has 140 valence electrons. The van der Waals surface area contributed by atoms with Crippen molar-refractivity contribution in [2.24, 2.45) is 7.05 Å². The first-order chi connectivity index (χ1) is 13.3. The lowest BCUT2D eigenvalue weighted by molar-refractivity contribution is -0.137. The van der Waals surface area contributed by atoms with Crippen LogP contribution in [0.25, 0.3) is 33.8 Å². The third-order valence-electron chi connectivity index (χ3n) is 4.11. The van der Waals surface area contributed by atoms with Gasteiger partial charge in [-0.2, -0.15) is 23.5 Å². The largest absolute Gasteiger partial charge is 0.417 e. The third-order valence-corrected chi connectivity index (χ3v) is 4.37. The molecule has 0 bridgehead atoms. The number of nitrogens with zero attached hydrogens (tertiary/aromatic N) is 5. The highest BCUT2D eigenvalue weighted by molar-refractivity contribution is 6.34. The quantitative estimate of drug-likeness (QED) is 0.498. The maximum atomic E-state index is 13.3. The van der Waals surface area contributed by atoms with Crippen LogP contribution in [-0.4, -0.2) is 24.7 Å². The molecule has 0 aliphatic carbocycles. The van der Waals surface area contributed by atoms with E-state index in [-0.39, 0.29) is 27.8 Å². The molecule has 10 heteroatoms. The first kappa shape index (κ1) is 18.0. The van der Waals surface area contributed by atoms with Gasteiger partial charge in [-0.05, 0) is 12.1 Å². The molecule has 0 fully saturated rings. The molecule has 1 aromatic carbocycles. The van der Waals surface area contributed by atoms with Crippen molar-refractivity contribution in [2.75, 3.05) is 0 Å². The smallest absolute Gasteiger partial charge is 0.336 e. The fraction of sp³-hybridized carbons (Fsp3) is 0.111. The van der Waals surface area contributed by atoms with Crippen LogP contribution in [0.5, 0.6) is 0 Å². The Hall–Kier alpha value is -3.38. The van der Waals surface area contributed by atoms with E-state index in [0.717, 1.165) is 6.07 Å². The van der Waals surface area contributed by atoms with Crippen molar-refractivity contribution in [1.29, 1.82) is 5.26 Å². The lowest BCUT2D eigenvalue weighted by Crippen LogP contribution is -2.07. The number of alkyl halides is 3. The summed E-state index contributed by atoms with van der Waals surface area (Å²) in [6.45, 7) is 0. The molecule has 0 saturated heterocycles. The molecule has 6 nitrogen and oxygen atoms in total. The van der Waals surface area contributed by atoms with Gasteiger partial charge in [-0.1, -0.05) is 29.8 Å². The van der Waals surface area contributed by atoms with Crippen LogP contribution in [0.1, 0.15) is 11.1 Å². The minimum atomic E-state index is -4.53. The zero-order chi connectivity index (χ0) is 20.1. The van der Waals surface area contributed by atoms with Gasteiger partial charge in [-0.15, -0.1) is 0 Å². The average Bonchev–Trinajstić information content (AvgIpc) is 3.24. The SMILES string of the molecule is Cn1cc(C#N)c(-c2nc3c(Cl)nc(-c4ccccc4C(F)(F)F)cc3[nH]2)n1. The number of hydrogen-bond acceptors (Lipinski definition) is 4. The van der Waals surface area contributed by atoms with E-state index in [9.17, 15) is 18.4 Å².